The molecule has 3 aromatic carbocycles. The number of carbonyl (C=O) groups is 3. The molecule has 0 aromatic heterocycles. The van der Waals surface area contributed by atoms with E-state index in [2.05, 4.69) is 55.3 Å². The molecule has 4 heterocycles. The van der Waals surface area contributed by atoms with Crippen molar-refractivity contribution in [3.05, 3.63) is 113 Å². The molecular weight excluding hydrogens is 771 g/mol. The second-order valence-electron chi connectivity index (χ2n) is 18.0. The molecule has 0 radical (unpaired) electrons. The Balaban J connectivity index is 1.29. The summed E-state index contributed by atoms with van der Waals surface area (Å²) in [6.07, 6.45) is 6.62. The van der Waals surface area contributed by atoms with Crippen LogP contribution in [-0.2, 0) is 31.3 Å². The number of benzene rings is 3. The number of para-hydroxylation sites is 1. The fourth-order valence-electron chi connectivity index (χ4n) is 10.2. The first-order valence-corrected chi connectivity index (χ1v) is 24.7. The zero-order valence-electron chi connectivity index (χ0n) is 36.2. The third-order valence-corrected chi connectivity index (χ3v) is 15.8. The van der Waals surface area contributed by atoms with Crippen LogP contribution in [0.1, 0.15) is 70.9 Å². The van der Waals surface area contributed by atoms with Gasteiger partial charge < -0.3 is 34.7 Å². The van der Waals surface area contributed by atoms with Crippen LogP contribution in [0.15, 0.2) is 102 Å². The predicted octanol–water partition coefficient (Wildman–Crippen LogP) is 6.87. The highest BCUT2D eigenvalue weighted by Crippen LogP contribution is 2.60. The standard InChI is InChI=1S/C48H63N5O6Si/c1-34(2)14-13-15-35(3)22-27-51-41-21-20-39(52-33-53(38-18-11-8-12-19-38)47(45(52)56)23-25-49-26-24-47)30-40(41)48(46(51)57)36(4)44(60(5,6)58)42(59-48)31-43(55)50(28-29-54)32-37-16-9-7-10-17-37/h7-12,14,16-22,30,36,42,44,49,54,58H,13,15,23-29,31-33H2,1-6H3/b35-22+/t36-,42+,44-,48+/m0/s1. The molecule has 3 N–H and O–H groups in total. The van der Waals surface area contributed by atoms with Crippen LogP contribution in [0.3, 0.4) is 0 Å². The van der Waals surface area contributed by atoms with Crippen molar-refractivity contribution >= 4 is 43.1 Å². The van der Waals surface area contributed by atoms with E-state index >= 15 is 4.79 Å². The summed E-state index contributed by atoms with van der Waals surface area (Å²) in [5.41, 5.74) is 3.72. The number of nitrogens with zero attached hydrogens (tertiary/aromatic N) is 4. The fourth-order valence-corrected chi connectivity index (χ4v) is 12.8. The van der Waals surface area contributed by atoms with Crippen molar-refractivity contribution in [1.82, 2.24) is 10.2 Å². The molecule has 3 amide bonds. The number of hydrogen-bond acceptors (Lipinski definition) is 8. The molecule has 3 fully saturated rings. The molecular formula is C48H63N5O6Si. The van der Waals surface area contributed by atoms with Crippen molar-refractivity contribution in [3.8, 4) is 0 Å². The van der Waals surface area contributed by atoms with Gasteiger partial charge in [0.25, 0.3) is 11.8 Å². The van der Waals surface area contributed by atoms with Gasteiger partial charge in [0, 0.05) is 48.0 Å². The maximum atomic E-state index is 15.3. The number of fused-ring (bicyclic) bond motifs is 2. The summed E-state index contributed by atoms with van der Waals surface area (Å²) in [6, 6.07) is 25.6. The molecule has 3 aromatic rings. The second-order valence-corrected chi connectivity index (χ2v) is 22.0. The third kappa shape index (κ3) is 8.24. The van der Waals surface area contributed by atoms with Gasteiger partial charge >= 0.3 is 0 Å². The van der Waals surface area contributed by atoms with E-state index in [-0.39, 0.29) is 37.3 Å². The lowest BCUT2D eigenvalue weighted by atomic mass is 9.82. The highest BCUT2D eigenvalue weighted by Gasteiger charge is 2.66. The van der Waals surface area contributed by atoms with Crippen LogP contribution in [0, 0.1) is 5.92 Å². The van der Waals surface area contributed by atoms with Gasteiger partial charge in [-0.15, -0.1) is 0 Å². The van der Waals surface area contributed by atoms with Crippen LogP contribution in [-0.4, -0.2) is 91.9 Å². The van der Waals surface area contributed by atoms with Gasteiger partial charge in [-0.2, -0.15) is 0 Å². The molecule has 3 saturated heterocycles. The van der Waals surface area contributed by atoms with Gasteiger partial charge in [0.05, 0.1) is 31.5 Å². The number of amides is 3. The van der Waals surface area contributed by atoms with E-state index in [4.69, 9.17) is 4.74 Å². The Kier molecular flexibility index (Phi) is 12.9. The summed E-state index contributed by atoms with van der Waals surface area (Å²) in [4.78, 5) is 63.9. The lowest BCUT2D eigenvalue weighted by Gasteiger charge is -2.39. The maximum absolute atomic E-state index is 15.3. The van der Waals surface area contributed by atoms with Crippen LogP contribution in [0.2, 0.25) is 18.6 Å². The first-order chi connectivity index (χ1) is 28.7. The number of anilines is 3. The molecule has 2 spiro atoms. The normalized spacial score (nSPS) is 23.8. The lowest BCUT2D eigenvalue weighted by molar-refractivity contribution is -0.149. The van der Waals surface area contributed by atoms with Gasteiger partial charge in [-0.1, -0.05) is 78.8 Å². The smallest absolute Gasteiger partial charge is 0.264 e. The average molecular weight is 834 g/mol. The molecule has 0 bridgehead atoms. The number of ether oxygens (including phenoxy) is 1. The SMILES string of the molecule is CC(C)=CCC/C(C)=C/CN1C(=O)[C@]2(O[C@H](CC(=O)N(CCO)Cc3ccccc3)[C@@H]([Si](C)(C)O)[C@@H]2C)c2cc(N3CN(c4ccccc4)C4(CCNCC4)C3=O)ccc21. The van der Waals surface area contributed by atoms with Gasteiger partial charge in [0.1, 0.15) is 5.54 Å². The van der Waals surface area contributed by atoms with Crippen molar-refractivity contribution in [3.63, 3.8) is 0 Å². The minimum Gasteiger partial charge on any atom is -0.432 e. The monoisotopic (exact) mass is 833 g/mol. The molecule has 11 nitrogen and oxygen atoms in total. The van der Waals surface area contributed by atoms with E-state index in [9.17, 15) is 19.5 Å². The minimum atomic E-state index is -3.11. The molecule has 0 saturated carbocycles. The first kappa shape index (κ1) is 43.5. The maximum Gasteiger partial charge on any atom is 0.264 e. The molecule has 4 atom stereocenters. The van der Waals surface area contributed by atoms with E-state index < -0.39 is 37.0 Å². The van der Waals surface area contributed by atoms with E-state index in [1.165, 1.54) is 11.1 Å². The van der Waals surface area contributed by atoms with Gasteiger partial charge in [0.15, 0.2) is 13.9 Å². The first-order valence-electron chi connectivity index (χ1n) is 21.6. The summed E-state index contributed by atoms with van der Waals surface area (Å²) in [5, 5.41) is 13.4. The lowest BCUT2D eigenvalue weighted by Crippen LogP contribution is -2.55. The van der Waals surface area contributed by atoms with Gasteiger partial charge in [0.2, 0.25) is 5.91 Å². The number of rotatable bonds is 14. The number of carbonyl (C=O) groups excluding carboxylic acids is 3. The Bertz CT molecular complexity index is 2090. The van der Waals surface area contributed by atoms with E-state index in [0.29, 0.717) is 49.5 Å². The fraction of sp³-hybridized carbons (Fsp3) is 0.479. The van der Waals surface area contributed by atoms with Gasteiger partial charge in [-0.05, 0) is 109 Å². The number of allylic oxidation sites excluding steroid dienone is 3. The number of aliphatic hydroxyl groups is 1. The van der Waals surface area contributed by atoms with Crippen LogP contribution in [0.5, 0.6) is 0 Å². The zero-order chi connectivity index (χ0) is 42.8. The van der Waals surface area contributed by atoms with E-state index in [0.717, 1.165) is 37.2 Å². The summed E-state index contributed by atoms with van der Waals surface area (Å²) in [5.74, 6) is -0.903. The van der Waals surface area contributed by atoms with Gasteiger partial charge in [-0.3, -0.25) is 19.3 Å². The third-order valence-electron chi connectivity index (χ3n) is 13.2. The van der Waals surface area contributed by atoms with E-state index in [1.54, 1.807) is 9.80 Å². The van der Waals surface area contributed by atoms with Crippen LogP contribution in [0.4, 0.5) is 17.1 Å². The Morgan fingerprint density at radius 1 is 0.950 bits per heavy atom. The van der Waals surface area contributed by atoms with Crippen molar-refractivity contribution in [1.29, 1.82) is 0 Å². The largest absolute Gasteiger partial charge is 0.432 e. The average Bonchev–Trinajstić information content (AvgIpc) is 3.77. The minimum absolute atomic E-state index is 0.0333. The van der Waals surface area contributed by atoms with Crippen LogP contribution in [0.25, 0.3) is 0 Å². The molecule has 60 heavy (non-hydrogen) atoms. The Morgan fingerprint density at radius 3 is 2.28 bits per heavy atom. The summed E-state index contributed by atoms with van der Waals surface area (Å²) >= 11 is 0. The summed E-state index contributed by atoms with van der Waals surface area (Å²) in [6.45, 7) is 14.4. The Morgan fingerprint density at radius 2 is 1.63 bits per heavy atom. The molecule has 12 heteroatoms. The Hall–Kier alpha value is -4.59. The van der Waals surface area contributed by atoms with Crippen LogP contribution < -0.4 is 20.0 Å². The van der Waals surface area contributed by atoms with E-state index in [1.807, 2.05) is 91.6 Å². The number of aliphatic hydroxyl groups excluding tert-OH is 1. The Labute approximate surface area is 356 Å². The van der Waals surface area contributed by atoms with Crippen LogP contribution >= 0.6 is 0 Å². The quantitative estimate of drug-likeness (QED) is 0.119. The summed E-state index contributed by atoms with van der Waals surface area (Å²) in [7, 11) is -3.11. The van der Waals surface area contributed by atoms with Crippen molar-refractivity contribution in [2.45, 2.75) is 102 Å². The number of hydrogen-bond donors (Lipinski definition) is 3. The highest BCUT2D eigenvalue weighted by molar-refractivity contribution is 6.71. The molecule has 4 aliphatic rings. The molecule has 7 rings (SSSR count). The zero-order valence-corrected chi connectivity index (χ0v) is 37.2. The van der Waals surface area contributed by atoms with Crippen molar-refractivity contribution in [2.75, 3.05) is 54.2 Å². The van der Waals surface area contributed by atoms with Crippen molar-refractivity contribution in [2.24, 2.45) is 5.92 Å². The summed E-state index contributed by atoms with van der Waals surface area (Å²) < 4.78 is 7.15. The number of piperidine rings is 1. The topological polar surface area (TPSA) is 126 Å². The molecule has 320 valence electrons. The van der Waals surface area contributed by atoms with Crippen molar-refractivity contribution < 1.29 is 29.0 Å². The molecule has 0 unspecified atom stereocenters. The molecule has 4 aliphatic heterocycles. The highest BCUT2D eigenvalue weighted by atomic mass is 28.4. The molecule has 0 aliphatic carbocycles. The number of nitrogens with one attached hydrogen (secondary N) is 1. The van der Waals surface area contributed by atoms with Gasteiger partial charge in [-0.25, -0.2) is 0 Å². The predicted molar refractivity (Wildman–Crippen MR) is 240 cm³/mol. The second kappa shape index (κ2) is 17.8.